The van der Waals surface area contributed by atoms with Crippen LogP contribution < -0.4 is 14.8 Å². The summed E-state index contributed by atoms with van der Waals surface area (Å²) in [4.78, 5) is 24.1. The normalized spacial score (nSPS) is 11.5. The van der Waals surface area contributed by atoms with Crippen LogP contribution in [0.5, 0.6) is 11.5 Å². The monoisotopic (exact) mass is 358 g/mol. The zero-order chi connectivity index (χ0) is 19.7. The summed E-state index contributed by atoms with van der Waals surface area (Å²) in [5, 5.41) is 11.9. The Morgan fingerprint density at radius 3 is 2.50 bits per heavy atom. The van der Waals surface area contributed by atoms with Crippen molar-refractivity contribution in [3.63, 3.8) is 0 Å². The van der Waals surface area contributed by atoms with Crippen LogP contribution in [0, 0.1) is 16.7 Å². The van der Waals surface area contributed by atoms with Gasteiger partial charge in [-0.15, -0.1) is 0 Å². The molecule has 26 heavy (non-hydrogen) atoms. The lowest BCUT2D eigenvalue weighted by atomic mass is 9.97. The molecule has 0 bridgehead atoms. The number of hydrogen-bond acceptors (Lipinski definition) is 5. The predicted octanol–water partition coefficient (Wildman–Crippen LogP) is 3.47. The highest BCUT2D eigenvalue weighted by Crippen LogP contribution is 2.31. The summed E-state index contributed by atoms with van der Waals surface area (Å²) in [6.07, 6.45) is 3.28. The molecule has 0 fully saturated rings. The summed E-state index contributed by atoms with van der Waals surface area (Å²) in [5.41, 5.74) is -0.0454. The van der Waals surface area contributed by atoms with E-state index >= 15 is 0 Å². The average molecular weight is 358 g/mol. The fourth-order valence-corrected chi connectivity index (χ4v) is 1.90. The lowest BCUT2D eigenvalue weighted by molar-refractivity contribution is -0.143. The highest BCUT2D eigenvalue weighted by molar-refractivity contribution is 6.01. The minimum atomic E-state index is -0.645. The van der Waals surface area contributed by atoms with Gasteiger partial charge in [-0.25, -0.2) is 0 Å². The molecule has 1 aromatic rings. The Balaban J connectivity index is 3.02. The van der Waals surface area contributed by atoms with Crippen molar-refractivity contribution in [2.24, 2.45) is 5.41 Å². The van der Waals surface area contributed by atoms with E-state index in [4.69, 9.17) is 9.47 Å². The van der Waals surface area contributed by atoms with Crippen molar-refractivity contribution in [1.29, 1.82) is 5.26 Å². The van der Waals surface area contributed by atoms with Gasteiger partial charge >= 0.3 is 5.97 Å². The number of nitriles is 1. The summed E-state index contributed by atoms with van der Waals surface area (Å²) >= 11 is 0. The molecule has 0 aliphatic heterocycles. The summed E-state index contributed by atoms with van der Waals surface area (Å²) in [7, 11) is 1.46. The van der Waals surface area contributed by atoms with Crippen LogP contribution >= 0.6 is 0 Å². The van der Waals surface area contributed by atoms with Crippen LogP contribution in [0.4, 0.5) is 0 Å². The van der Waals surface area contributed by atoms with Crippen molar-refractivity contribution < 1.29 is 19.1 Å². The van der Waals surface area contributed by atoms with Gasteiger partial charge in [-0.3, -0.25) is 9.59 Å². The van der Waals surface area contributed by atoms with Gasteiger partial charge in [-0.2, -0.15) is 5.26 Å². The first kappa shape index (κ1) is 21.2. The van der Waals surface area contributed by atoms with Crippen molar-refractivity contribution in [3.8, 4) is 17.6 Å². The molecule has 1 aromatic carbocycles. The number of unbranched alkanes of at least 4 members (excludes halogenated alkanes) is 1. The number of benzene rings is 1. The third-order valence-electron chi connectivity index (χ3n) is 3.49. The van der Waals surface area contributed by atoms with Gasteiger partial charge in [-0.05, 0) is 51.0 Å². The van der Waals surface area contributed by atoms with Gasteiger partial charge in [0.15, 0.2) is 11.5 Å². The van der Waals surface area contributed by atoms with E-state index in [0.29, 0.717) is 17.9 Å². The first-order valence-corrected chi connectivity index (χ1v) is 8.53. The molecule has 0 radical (unpaired) electrons. The Morgan fingerprint density at radius 1 is 1.27 bits per heavy atom. The van der Waals surface area contributed by atoms with Crippen LogP contribution in [0.1, 0.15) is 46.1 Å². The minimum Gasteiger partial charge on any atom is -0.493 e. The third-order valence-corrected chi connectivity index (χ3v) is 3.49. The lowest BCUT2D eigenvalue weighted by Crippen LogP contribution is -2.25. The Labute approximate surface area is 154 Å². The van der Waals surface area contributed by atoms with E-state index in [-0.39, 0.29) is 17.3 Å². The number of esters is 1. The molecule has 0 atom stereocenters. The maximum absolute atomic E-state index is 12.0. The van der Waals surface area contributed by atoms with Gasteiger partial charge < -0.3 is 14.8 Å². The van der Waals surface area contributed by atoms with E-state index in [1.807, 2.05) is 13.0 Å². The van der Waals surface area contributed by atoms with Gasteiger partial charge in [-0.1, -0.05) is 19.4 Å². The van der Waals surface area contributed by atoms with Crippen LogP contribution in [0.25, 0.3) is 6.08 Å². The molecule has 0 heterocycles. The van der Waals surface area contributed by atoms with Crippen LogP contribution in [-0.4, -0.2) is 25.5 Å². The molecule has 1 rings (SSSR count). The Kier molecular flexibility index (Phi) is 7.85. The second-order valence-corrected chi connectivity index (χ2v) is 6.83. The van der Waals surface area contributed by atoms with Crippen molar-refractivity contribution in [2.45, 2.75) is 40.5 Å². The van der Waals surface area contributed by atoms with Crippen molar-refractivity contribution in [1.82, 2.24) is 5.32 Å². The smallest absolute Gasteiger partial charge is 0.316 e. The fraction of sp³-hybridized carbons (Fsp3) is 0.450. The molecular weight excluding hydrogens is 332 g/mol. The molecular formula is C20H26N2O4. The molecule has 140 valence electrons. The number of nitrogens with one attached hydrogen (secondary N) is 1. The molecule has 0 spiro atoms. The number of methoxy groups -OCH3 is 1. The summed E-state index contributed by atoms with van der Waals surface area (Å²) in [6.45, 7) is 7.83. The summed E-state index contributed by atoms with van der Waals surface area (Å²) in [6, 6.07) is 6.76. The molecule has 0 aromatic heterocycles. The highest BCUT2D eigenvalue weighted by atomic mass is 16.6. The number of carbonyl (C=O) groups excluding carboxylic acids is 2. The van der Waals surface area contributed by atoms with Crippen molar-refractivity contribution in [3.05, 3.63) is 29.3 Å². The van der Waals surface area contributed by atoms with Gasteiger partial charge in [0, 0.05) is 6.54 Å². The molecule has 0 saturated heterocycles. The van der Waals surface area contributed by atoms with E-state index in [0.717, 1.165) is 12.8 Å². The van der Waals surface area contributed by atoms with E-state index < -0.39 is 11.3 Å². The molecule has 1 amide bonds. The standard InChI is InChI=1S/C20H26N2O4/c1-6-7-10-22-18(23)15(13-21)11-14-8-9-16(17(12-14)25-5)26-19(24)20(2,3)4/h8-9,11-12H,6-7,10H2,1-5H3,(H,22,23)/b15-11+. The average Bonchev–Trinajstić information content (AvgIpc) is 2.59. The van der Waals surface area contributed by atoms with Crippen molar-refractivity contribution >= 4 is 18.0 Å². The fourth-order valence-electron chi connectivity index (χ4n) is 1.90. The summed E-state index contributed by atoms with van der Waals surface area (Å²) < 4.78 is 10.6. The second-order valence-electron chi connectivity index (χ2n) is 6.83. The maximum Gasteiger partial charge on any atom is 0.316 e. The number of carbonyl (C=O) groups is 2. The number of ether oxygens (including phenoxy) is 2. The number of nitrogens with zero attached hydrogens (tertiary/aromatic N) is 1. The number of hydrogen-bond donors (Lipinski definition) is 1. The first-order valence-electron chi connectivity index (χ1n) is 8.53. The number of amides is 1. The van der Waals surface area contributed by atoms with Gasteiger partial charge in [0.25, 0.3) is 5.91 Å². The van der Waals surface area contributed by atoms with Gasteiger partial charge in [0.05, 0.1) is 12.5 Å². The Morgan fingerprint density at radius 2 is 1.96 bits per heavy atom. The molecule has 1 N–H and O–H groups in total. The zero-order valence-electron chi connectivity index (χ0n) is 16.0. The van der Waals surface area contributed by atoms with Crippen LogP contribution in [-0.2, 0) is 9.59 Å². The molecule has 6 nitrogen and oxygen atoms in total. The highest BCUT2D eigenvalue weighted by Gasteiger charge is 2.25. The molecule has 6 heteroatoms. The lowest BCUT2D eigenvalue weighted by Gasteiger charge is -2.17. The Bertz CT molecular complexity index is 724. The van der Waals surface area contributed by atoms with Crippen molar-refractivity contribution in [2.75, 3.05) is 13.7 Å². The van der Waals surface area contributed by atoms with E-state index in [1.165, 1.54) is 13.2 Å². The minimum absolute atomic E-state index is 0.00240. The molecule has 0 unspecified atom stereocenters. The number of rotatable bonds is 7. The topological polar surface area (TPSA) is 88.4 Å². The molecule has 0 saturated carbocycles. The van der Waals surface area contributed by atoms with E-state index in [9.17, 15) is 14.9 Å². The molecule has 0 aliphatic rings. The van der Waals surface area contributed by atoms with E-state index in [2.05, 4.69) is 5.32 Å². The zero-order valence-corrected chi connectivity index (χ0v) is 16.0. The second kappa shape index (κ2) is 9.62. The Hall–Kier alpha value is -2.81. The predicted molar refractivity (Wildman–Crippen MR) is 99.6 cm³/mol. The summed E-state index contributed by atoms with van der Waals surface area (Å²) in [5.74, 6) is -0.161. The molecule has 0 aliphatic carbocycles. The quantitative estimate of drug-likeness (QED) is 0.265. The van der Waals surface area contributed by atoms with Crippen LogP contribution in [0.2, 0.25) is 0 Å². The van der Waals surface area contributed by atoms with Crippen LogP contribution in [0.3, 0.4) is 0 Å². The maximum atomic E-state index is 12.0. The SMILES string of the molecule is CCCCNC(=O)/C(C#N)=C/c1ccc(OC(=O)C(C)(C)C)c(OC)c1. The third kappa shape index (κ3) is 6.25. The van der Waals surface area contributed by atoms with Gasteiger partial charge in [0.1, 0.15) is 11.6 Å². The first-order chi connectivity index (χ1) is 12.2. The van der Waals surface area contributed by atoms with E-state index in [1.54, 1.807) is 39.0 Å². The largest absolute Gasteiger partial charge is 0.493 e. The van der Waals surface area contributed by atoms with Crippen LogP contribution in [0.15, 0.2) is 23.8 Å². The van der Waals surface area contributed by atoms with Gasteiger partial charge in [0.2, 0.25) is 0 Å².